The van der Waals surface area contributed by atoms with Crippen LogP contribution in [0.3, 0.4) is 0 Å². The molecule has 2 heteroatoms. The summed E-state index contributed by atoms with van der Waals surface area (Å²) in [5.41, 5.74) is 7.40. The van der Waals surface area contributed by atoms with Crippen molar-refractivity contribution in [1.82, 2.24) is 0 Å². The highest BCUT2D eigenvalue weighted by atomic mass is 16.3. The van der Waals surface area contributed by atoms with Crippen molar-refractivity contribution in [2.24, 2.45) is 0 Å². The van der Waals surface area contributed by atoms with Crippen LogP contribution in [-0.2, 0) is 0 Å². The molecule has 0 saturated carbocycles. The Morgan fingerprint density at radius 2 is 1.05 bits per heavy atom. The van der Waals surface area contributed by atoms with Crippen LogP contribution in [0.25, 0.3) is 65.4 Å². The molecule has 9 rings (SSSR count). The number of furan rings is 1. The lowest BCUT2D eigenvalue weighted by Gasteiger charge is -2.29. The fourth-order valence-corrected chi connectivity index (χ4v) is 6.83. The zero-order valence-electron chi connectivity index (χ0n) is 23.9. The zero-order chi connectivity index (χ0) is 29.0. The summed E-state index contributed by atoms with van der Waals surface area (Å²) in [6, 6.07) is 58.6. The summed E-state index contributed by atoms with van der Waals surface area (Å²) < 4.78 is 6.41. The van der Waals surface area contributed by atoms with Gasteiger partial charge in [-0.3, -0.25) is 0 Å². The van der Waals surface area contributed by atoms with Crippen molar-refractivity contribution in [1.29, 1.82) is 0 Å². The highest BCUT2D eigenvalue weighted by Gasteiger charge is 2.21. The third-order valence-corrected chi connectivity index (χ3v) is 8.84. The molecule has 0 saturated heterocycles. The molecule has 44 heavy (non-hydrogen) atoms. The van der Waals surface area contributed by atoms with Gasteiger partial charge >= 0.3 is 0 Å². The Hall–Kier alpha value is -5.86. The van der Waals surface area contributed by atoms with Gasteiger partial charge in [-0.15, -0.1) is 0 Å². The van der Waals surface area contributed by atoms with E-state index >= 15 is 0 Å². The minimum absolute atomic E-state index is 0.877. The maximum absolute atomic E-state index is 6.41. The summed E-state index contributed by atoms with van der Waals surface area (Å²) in [4.78, 5) is 2.41. The summed E-state index contributed by atoms with van der Waals surface area (Å²) in [5.74, 6) is 0. The van der Waals surface area contributed by atoms with Gasteiger partial charge in [0.05, 0.1) is 11.4 Å². The molecule has 0 aliphatic rings. The van der Waals surface area contributed by atoms with Gasteiger partial charge in [0.1, 0.15) is 11.2 Å². The van der Waals surface area contributed by atoms with Gasteiger partial charge in [0, 0.05) is 33.5 Å². The molecule has 206 valence electrons. The summed E-state index contributed by atoms with van der Waals surface area (Å²) >= 11 is 0. The van der Waals surface area contributed by atoms with Crippen LogP contribution in [0.15, 0.2) is 168 Å². The van der Waals surface area contributed by atoms with Gasteiger partial charge in [0.15, 0.2) is 0 Å². The second-order valence-corrected chi connectivity index (χ2v) is 11.3. The van der Waals surface area contributed by atoms with Crippen LogP contribution in [0.1, 0.15) is 0 Å². The third kappa shape index (κ3) is 3.82. The molecule has 0 unspecified atom stereocenters. The van der Waals surface area contributed by atoms with E-state index in [1.807, 2.05) is 12.1 Å². The van der Waals surface area contributed by atoms with Crippen molar-refractivity contribution < 1.29 is 4.42 Å². The van der Waals surface area contributed by atoms with E-state index in [2.05, 4.69) is 157 Å². The van der Waals surface area contributed by atoms with Crippen LogP contribution < -0.4 is 4.90 Å². The second-order valence-electron chi connectivity index (χ2n) is 11.3. The van der Waals surface area contributed by atoms with E-state index in [0.29, 0.717) is 0 Å². The summed E-state index contributed by atoms with van der Waals surface area (Å²) in [6.45, 7) is 0. The van der Waals surface area contributed by atoms with Crippen LogP contribution in [0.5, 0.6) is 0 Å². The first-order valence-electron chi connectivity index (χ1n) is 15.0. The van der Waals surface area contributed by atoms with Gasteiger partial charge in [-0.1, -0.05) is 127 Å². The first kappa shape index (κ1) is 24.7. The van der Waals surface area contributed by atoms with Gasteiger partial charge < -0.3 is 9.32 Å². The largest absolute Gasteiger partial charge is 0.456 e. The Kier molecular flexibility index (Phi) is 5.54. The number of benzene rings is 8. The fraction of sp³-hybridized carbons (Fsp3) is 0. The Balaban J connectivity index is 1.38. The second kappa shape index (κ2) is 9.86. The van der Waals surface area contributed by atoms with Crippen molar-refractivity contribution in [2.45, 2.75) is 0 Å². The molecule has 0 bridgehead atoms. The molecule has 0 atom stereocenters. The Morgan fingerprint density at radius 3 is 1.98 bits per heavy atom. The standard InChI is InChI=1S/C42H27NO/c1-2-11-28(12-3-1)33-16-6-8-18-38(33)43(31-23-26-36-35-17-7-9-20-40(35)44-41(36)27-31)39-19-10-14-30-22-24-34-32-15-5-4-13-29(32)21-25-37(34)42(30)39/h1-27H. The van der Waals surface area contributed by atoms with Gasteiger partial charge in [0.25, 0.3) is 0 Å². The molecule has 1 heterocycles. The Bertz CT molecular complexity index is 2510. The fourth-order valence-electron chi connectivity index (χ4n) is 6.83. The number of hydrogen-bond acceptors (Lipinski definition) is 2. The zero-order valence-corrected chi connectivity index (χ0v) is 23.9. The normalized spacial score (nSPS) is 11.6. The lowest BCUT2D eigenvalue weighted by Crippen LogP contribution is -2.12. The molecule has 8 aromatic carbocycles. The van der Waals surface area contributed by atoms with E-state index < -0.39 is 0 Å². The number of nitrogens with zero attached hydrogens (tertiary/aromatic N) is 1. The first-order valence-corrected chi connectivity index (χ1v) is 15.0. The molecule has 2 nitrogen and oxygen atoms in total. The minimum Gasteiger partial charge on any atom is -0.456 e. The third-order valence-electron chi connectivity index (χ3n) is 8.84. The van der Waals surface area contributed by atoms with Crippen molar-refractivity contribution >= 4 is 71.3 Å². The summed E-state index contributed by atoms with van der Waals surface area (Å²) in [5, 5.41) is 9.69. The average molecular weight is 562 g/mol. The first-order chi connectivity index (χ1) is 21.8. The van der Waals surface area contributed by atoms with E-state index in [0.717, 1.165) is 39.0 Å². The van der Waals surface area contributed by atoms with Gasteiger partial charge in [0.2, 0.25) is 0 Å². The van der Waals surface area contributed by atoms with E-state index in [1.165, 1.54) is 43.4 Å². The highest BCUT2D eigenvalue weighted by Crippen LogP contribution is 2.46. The predicted octanol–water partition coefficient (Wildman–Crippen LogP) is 12.2. The number of anilines is 3. The van der Waals surface area contributed by atoms with Crippen LogP contribution in [0, 0.1) is 0 Å². The molecule has 0 radical (unpaired) electrons. The number of fused-ring (bicyclic) bond motifs is 8. The summed E-state index contributed by atoms with van der Waals surface area (Å²) in [7, 11) is 0. The topological polar surface area (TPSA) is 16.4 Å². The van der Waals surface area contributed by atoms with Gasteiger partial charge in [-0.05, 0) is 62.8 Å². The maximum Gasteiger partial charge on any atom is 0.137 e. The molecule has 0 aliphatic heterocycles. The monoisotopic (exact) mass is 561 g/mol. The van der Waals surface area contributed by atoms with E-state index in [4.69, 9.17) is 4.42 Å². The molecule has 0 amide bonds. The molecule has 0 fully saturated rings. The lowest BCUT2D eigenvalue weighted by molar-refractivity contribution is 0.669. The number of hydrogen-bond donors (Lipinski definition) is 0. The maximum atomic E-state index is 6.41. The minimum atomic E-state index is 0.877. The van der Waals surface area contributed by atoms with Crippen LogP contribution in [-0.4, -0.2) is 0 Å². The molecular weight excluding hydrogens is 534 g/mol. The molecule has 0 spiro atoms. The Morgan fingerprint density at radius 1 is 0.386 bits per heavy atom. The van der Waals surface area contributed by atoms with Crippen LogP contribution >= 0.6 is 0 Å². The van der Waals surface area contributed by atoms with E-state index in [9.17, 15) is 0 Å². The molecule has 0 aliphatic carbocycles. The quantitative estimate of drug-likeness (QED) is 0.199. The van der Waals surface area contributed by atoms with Crippen LogP contribution in [0.2, 0.25) is 0 Å². The smallest absolute Gasteiger partial charge is 0.137 e. The lowest BCUT2D eigenvalue weighted by atomic mass is 9.95. The predicted molar refractivity (Wildman–Crippen MR) is 186 cm³/mol. The van der Waals surface area contributed by atoms with Crippen molar-refractivity contribution in [2.75, 3.05) is 4.90 Å². The molecular formula is C42H27NO. The van der Waals surface area contributed by atoms with Gasteiger partial charge in [-0.2, -0.15) is 0 Å². The van der Waals surface area contributed by atoms with E-state index in [-0.39, 0.29) is 0 Å². The average Bonchev–Trinajstić information content (AvgIpc) is 3.47. The number of rotatable bonds is 4. The number of para-hydroxylation sites is 2. The van der Waals surface area contributed by atoms with Gasteiger partial charge in [-0.25, -0.2) is 0 Å². The van der Waals surface area contributed by atoms with E-state index in [1.54, 1.807) is 0 Å². The van der Waals surface area contributed by atoms with Crippen molar-refractivity contribution in [3.05, 3.63) is 164 Å². The van der Waals surface area contributed by atoms with Crippen molar-refractivity contribution in [3.8, 4) is 11.1 Å². The summed E-state index contributed by atoms with van der Waals surface area (Å²) in [6.07, 6.45) is 0. The molecule has 9 aromatic rings. The van der Waals surface area contributed by atoms with Crippen LogP contribution in [0.4, 0.5) is 17.1 Å². The highest BCUT2D eigenvalue weighted by molar-refractivity contribution is 6.21. The molecule has 1 aromatic heterocycles. The SMILES string of the molecule is c1ccc(-c2ccccc2N(c2ccc3c(c2)oc2ccccc23)c2cccc3ccc4c5ccccc5ccc4c23)cc1. The Labute approximate surface area is 255 Å². The molecule has 0 N–H and O–H groups in total. The van der Waals surface area contributed by atoms with Crippen molar-refractivity contribution in [3.63, 3.8) is 0 Å².